The summed E-state index contributed by atoms with van der Waals surface area (Å²) in [6, 6.07) is 0.240. The van der Waals surface area contributed by atoms with Gasteiger partial charge in [-0.05, 0) is 25.0 Å². The summed E-state index contributed by atoms with van der Waals surface area (Å²) in [5, 5.41) is 15.3. The van der Waals surface area contributed by atoms with E-state index < -0.39 is 5.41 Å². The molecule has 1 atom stereocenters. The Morgan fingerprint density at radius 3 is 2.53 bits per heavy atom. The van der Waals surface area contributed by atoms with E-state index in [-0.39, 0.29) is 17.8 Å². The van der Waals surface area contributed by atoms with Crippen molar-refractivity contribution in [2.75, 3.05) is 11.5 Å². The van der Waals surface area contributed by atoms with Gasteiger partial charge >= 0.3 is 0 Å². The zero-order chi connectivity index (χ0) is 13.7. The normalized spacial score (nSPS) is 27.8. The maximum atomic E-state index is 12.6. The van der Waals surface area contributed by atoms with Crippen LogP contribution >= 0.6 is 11.8 Å². The van der Waals surface area contributed by atoms with Crippen LogP contribution in [0, 0.1) is 5.41 Å². The van der Waals surface area contributed by atoms with E-state index >= 15 is 0 Å². The van der Waals surface area contributed by atoms with E-state index in [1.54, 1.807) is 0 Å². The number of amidine groups is 1. The molecule has 0 radical (unpaired) electrons. The minimum atomic E-state index is -0.793. The molecule has 1 saturated heterocycles. The van der Waals surface area contributed by atoms with Crippen LogP contribution in [0.4, 0.5) is 0 Å². The summed E-state index contributed by atoms with van der Waals surface area (Å²) in [7, 11) is 0. The molecule has 2 fully saturated rings. The molecule has 6 heteroatoms. The molecule has 1 saturated carbocycles. The predicted octanol–water partition coefficient (Wildman–Crippen LogP) is 1.70. The fourth-order valence-electron chi connectivity index (χ4n) is 3.00. The average Bonchev–Trinajstić information content (AvgIpc) is 2.79. The van der Waals surface area contributed by atoms with Crippen LogP contribution in [0.1, 0.15) is 44.9 Å². The Hall–Kier alpha value is -0.910. The van der Waals surface area contributed by atoms with Gasteiger partial charge in [-0.1, -0.05) is 30.8 Å². The Bertz CT molecular complexity index is 346. The van der Waals surface area contributed by atoms with Crippen LogP contribution < -0.4 is 11.1 Å². The molecule has 0 aromatic carbocycles. The van der Waals surface area contributed by atoms with E-state index in [1.165, 1.54) is 0 Å². The summed E-state index contributed by atoms with van der Waals surface area (Å²) in [6.07, 6.45) is 6.55. The van der Waals surface area contributed by atoms with Crippen LogP contribution in [-0.4, -0.2) is 34.5 Å². The molecule has 2 rings (SSSR count). The summed E-state index contributed by atoms with van der Waals surface area (Å²) in [4.78, 5) is 12.6. The van der Waals surface area contributed by atoms with Crippen LogP contribution in [0.15, 0.2) is 5.16 Å². The van der Waals surface area contributed by atoms with Gasteiger partial charge in [-0.2, -0.15) is 11.8 Å². The van der Waals surface area contributed by atoms with Gasteiger partial charge in [0, 0.05) is 11.8 Å². The number of oxime groups is 1. The second kappa shape index (κ2) is 6.50. The summed E-state index contributed by atoms with van der Waals surface area (Å²) >= 11 is 1.86. The molecule has 5 nitrogen and oxygen atoms in total. The van der Waals surface area contributed by atoms with Gasteiger partial charge in [0.1, 0.15) is 5.41 Å². The van der Waals surface area contributed by atoms with Crippen molar-refractivity contribution in [3.8, 4) is 0 Å². The maximum absolute atomic E-state index is 12.6. The largest absolute Gasteiger partial charge is 0.409 e. The standard InChI is InChI=1S/C13H23N3O2S/c14-11(16-18)13(6-3-1-2-4-7-13)12(17)15-10-5-8-19-9-10/h10,18H,1-9H2,(H2,14,16)(H,15,17). The highest BCUT2D eigenvalue weighted by molar-refractivity contribution is 7.99. The summed E-state index contributed by atoms with van der Waals surface area (Å²) in [6.45, 7) is 0. The van der Waals surface area contributed by atoms with Crippen molar-refractivity contribution in [1.29, 1.82) is 0 Å². The number of nitrogens with zero attached hydrogens (tertiary/aromatic N) is 1. The highest BCUT2D eigenvalue weighted by Crippen LogP contribution is 2.36. The Kier molecular flexibility index (Phi) is 4.96. The second-order valence-corrected chi connectivity index (χ2v) is 6.67. The molecule has 2 aliphatic rings. The minimum absolute atomic E-state index is 0.0443. The minimum Gasteiger partial charge on any atom is -0.409 e. The van der Waals surface area contributed by atoms with Gasteiger partial charge in [0.2, 0.25) is 5.91 Å². The molecule has 1 heterocycles. The lowest BCUT2D eigenvalue weighted by Crippen LogP contribution is -2.52. The van der Waals surface area contributed by atoms with Crippen LogP contribution in [0.5, 0.6) is 0 Å². The van der Waals surface area contributed by atoms with E-state index in [4.69, 9.17) is 10.9 Å². The maximum Gasteiger partial charge on any atom is 0.234 e. The summed E-state index contributed by atoms with van der Waals surface area (Å²) in [5.74, 6) is 2.11. The smallest absolute Gasteiger partial charge is 0.234 e. The zero-order valence-corrected chi connectivity index (χ0v) is 12.0. The van der Waals surface area contributed by atoms with E-state index in [0.29, 0.717) is 12.8 Å². The Morgan fingerprint density at radius 2 is 2.00 bits per heavy atom. The van der Waals surface area contributed by atoms with E-state index in [0.717, 1.165) is 43.6 Å². The van der Waals surface area contributed by atoms with Crippen molar-refractivity contribution in [3.05, 3.63) is 0 Å². The van der Waals surface area contributed by atoms with Crippen molar-refractivity contribution >= 4 is 23.5 Å². The lowest BCUT2D eigenvalue weighted by Gasteiger charge is -2.31. The number of nitrogens with two attached hydrogens (primary N) is 1. The van der Waals surface area contributed by atoms with Gasteiger partial charge in [0.05, 0.1) is 0 Å². The Balaban J connectivity index is 2.13. The monoisotopic (exact) mass is 285 g/mol. The van der Waals surface area contributed by atoms with Crippen molar-refractivity contribution in [2.45, 2.75) is 51.0 Å². The topological polar surface area (TPSA) is 87.7 Å². The molecule has 108 valence electrons. The lowest BCUT2D eigenvalue weighted by molar-refractivity contribution is -0.128. The van der Waals surface area contributed by atoms with Crippen molar-refractivity contribution < 1.29 is 10.0 Å². The SMILES string of the molecule is NC(=NO)C1(C(=O)NC2CCSC2)CCCCCC1. The first-order chi connectivity index (χ1) is 9.19. The highest BCUT2D eigenvalue weighted by atomic mass is 32.2. The van der Waals surface area contributed by atoms with Crippen molar-refractivity contribution in [2.24, 2.45) is 16.3 Å². The molecule has 1 aliphatic heterocycles. The molecule has 1 aliphatic carbocycles. The van der Waals surface area contributed by atoms with E-state index in [1.807, 2.05) is 11.8 Å². The molecule has 0 spiro atoms. The second-order valence-electron chi connectivity index (χ2n) is 5.52. The third-order valence-corrected chi connectivity index (χ3v) is 5.42. The third kappa shape index (κ3) is 3.16. The van der Waals surface area contributed by atoms with Crippen LogP contribution in [0.3, 0.4) is 0 Å². The fourth-order valence-corrected chi connectivity index (χ4v) is 4.15. The number of amides is 1. The van der Waals surface area contributed by atoms with E-state index in [2.05, 4.69) is 10.5 Å². The van der Waals surface area contributed by atoms with Crippen LogP contribution in [0.2, 0.25) is 0 Å². The fraction of sp³-hybridized carbons (Fsp3) is 0.846. The molecule has 0 bridgehead atoms. The van der Waals surface area contributed by atoms with Crippen LogP contribution in [-0.2, 0) is 4.79 Å². The Morgan fingerprint density at radius 1 is 1.32 bits per heavy atom. The Labute approximate surface area is 118 Å². The number of hydrogen-bond acceptors (Lipinski definition) is 4. The molecule has 1 unspecified atom stereocenters. The van der Waals surface area contributed by atoms with Crippen LogP contribution in [0.25, 0.3) is 0 Å². The summed E-state index contributed by atoms with van der Waals surface area (Å²) in [5.41, 5.74) is 5.07. The number of rotatable bonds is 3. The van der Waals surface area contributed by atoms with Gasteiger partial charge in [-0.15, -0.1) is 0 Å². The molecule has 0 aromatic rings. The van der Waals surface area contributed by atoms with Gasteiger partial charge in [-0.3, -0.25) is 4.79 Å². The first-order valence-electron chi connectivity index (χ1n) is 7.06. The van der Waals surface area contributed by atoms with Crippen molar-refractivity contribution in [1.82, 2.24) is 5.32 Å². The number of thioether (sulfide) groups is 1. The zero-order valence-electron chi connectivity index (χ0n) is 11.2. The predicted molar refractivity (Wildman–Crippen MR) is 77.4 cm³/mol. The summed E-state index contributed by atoms with van der Waals surface area (Å²) < 4.78 is 0. The molecular weight excluding hydrogens is 262 g/mol. The van der Waals surface area contributed by atoms with Gasteiger partial charge in [0.15, 0.2) is 5.84 Å². The van der Waals surface area contributed by atoms with Gasteiger partial charge in [0.25, 0.3) is 0 Å². The number of nitrogens with one attached hydrogen (secondary N) is 1. The molecule has 19 heavy (non-hydrogen) atoms. The van der Waals surface area contributed by atoms with Gasteiger partial charge in [-0.25, -0.2) is 0 Å². The number of carbonyl (C=O) groups excluding carboxylic acids is 1. The molecule has 4 N–H and O–H groups in total. The molecule has 0 aromatic heterocycles. The first kappa shape index (κ1) is 14.5. The molecular formula is C13H23N3O2S. The van der Waals surface area contributed by atoms with E-state index in [9.17, 15) is 4.79 Å². The lowest BCUT2D eigenvalue weighted by atomic mass is 9.78. The first-order valence-corrected chi connectivity index (χ1v) is 8.21. The number of carbonyl (C=O) groups is 1. The highest BCUT2D eigenvalue weighted by Gasteiger charge is 2.43. The average molecular weight is 285 g/mol. The van der Waals surface area contributed by atoms with Gasteiger partial charge < -0.3 is 16.3 Å². The number of hydrogen-bond donors (Lipinski definition) is 3. The third-order valence-electron chi connectivity index (χ3n) is 4.25. The van der Waals surface area contributed by atoms with Crippen molar-refractivity contribution in [3.63, 3.8) is 0 Å². The quantitative estimate of drug-likeness (QED) is 0.242. The molecule has 1 amide bonds.